The van der Waals surface area contributed by atoms with Gasteiger partial charge in [-0.1, -0.05) is 66.7 Å². The maximum Gasteiger partial charge on any atom is 0.338 e. The third-order valence-corrected chi connectivity index (χ3v) is 5.78. The van der Waals surface area contributed by atoms with E-state index in [1.807, 2.05) is 36.4 Å². The first-order valence-corrected chi connectivity index (χ1v) is 10.3. The molecule has 2 heteroatoms. The lowest BCUT2D eigenvalue weighted by molar-refractivity contribution is -0.133. The van der Waals surface area contributed by atoms with Crippen LogP contribution in [0.3, 0.4) is 0 Å². The van der Waals surface area contributed by atoms with E-state index in [4.69, 9.17) is 4.74 Å². The minimum Gasteiger partial charge on any atom is -0.465 e. The minimum absolute atomic E-state index is 0.249. The second-order valence-corrected chi connectivity index (χ2v) is 7.66. The molecule has 1 aliphatic rings. The Balaban J connectivity index is 1.74. The molecule has 3 rings (SSSR count). The van der Waals surface area contributed by atoms with E-state index in [2.05, 4.69) is 36.9 Å². The number of rotatable bonds is 7. The number of hydrogen-bond acceptors (Lipinski definition) is 2. The van der Waals surface area contributed by atoms with Gasteiger partial charge >= 0.3 is 5.97 Å². The zero-order chi connectivity index (χ0) is 19.8. The molecular formula is C26H30O2. The van der Waals surface area contributed by atoms with E-state index in [0.29, 0.717) is 11.5 Å². The average molecular weight is 375 g/mol. The Labute approximate surface area is 168 Å². The summed E-state index contributed by atoms with van der Waals surface area (Å²) in [4.78, 5) is 12.4. The van der Waals surface area contributed by atoms with Gasteiger partial charge < -0.3 is 4.74 Å². The van der Waals surface area contributed by atoms with Crippen molar-refractivity contribution in [2.24, 2.45) is 11.8 Å². The summed E-state index contributed by atoms with van der Waals surface area (Å²) in [7, 11) is 1.46. The summed E-state index contributed by atoms with van der Waals surface area (Å²) in [6, 6.07) is 18.5. The summed E-state index contributed by atoms with van der Waals surface area (Å²) in [6.45, 7) is 3.83. The van der Waals surface area contributed by atoms with Gasteiger partial charge in [0, 0.05) is 0 Å². The molecule has 0 aliphatic heterocycles. The van der Waals surface area contributed by atoms with Gasteiger partial charge in [0.1, 0.15) is 0 Å². The van der Waals surface area contributed by atoms with Gasteiger partial charge in [-0.15, -0.1) is 6.58 Å². The first-order valence-electron chi connectivity index (χ1n) is 10.3. The SMILES string of the molecule is C=CCCC1CCC(C=C(C(=O)OC)c2ccc(-c3ccccc3)cc2)CC1. The average Bonchev–Trinajstić information content (AvgIpc) is 2.77. The Bertz CT molecular complexity index is 794. The number of methoxy groups -OCH3 is 1. The van der Waals surface area contributed by atoms with Crippen LogP contribution in [0, 0.1) is 11.8 Å². The maximum absolute atomic E-state index is 12.4. The van der Waals surface area contributed by atoms with E-state index in [1.54, 1.807) is 0 Å². The molecule has 2 nitrogen and oxygen atoms in total. The normalized spacial score (nSPS) is 19.8. The van der Waals surface area contributed by atoms with Crippen molar-refractivity contribution in [3.8, 4) is 11.1 Å². The monoisotopic (exact) mass is 374 g/mol. The molecule has 0 heterocycles. The highest BCUT2D eigenvalue weighted by Gasteiger charge is 2.22. The predicted molar refractivity (Wildman–Crippen MR) is 117 cm³/mol. The van der Waals surface area contributed by atoms with Crippen molar-refractivity contribution >= 4 is 11.5 Å². The lowest BCUT2D eigenvalue weighted by Gasteiger charge is -2.27. The number of ether oxygens (including phenoxy) is 1. The molecule has 0 aromatic heterocycles. The van der Waals surface area contributed by atoms with Crippen molar-refractivity contribution in [3.63, 3.8) is 0 Å². The van der Waals surface area contributed by atoms with E-state index >= 15 is 0 Å². The third kappa shape index (κ3) is 5.22. The molecular weight excluding hydrogens is 344 g/mol. The third-order valence-electron chi connectivity index (χ3n) is 5.78. The highest BCUT2D eigenvalue weighted by atomic mass is 16.5. The van der Waals surface area contributed by atoms with Gasteiger partial charge in [0.2, 0.25) is 0 Å². The molecule has 28 heavy (non-hydrogen) atoms. The van der Waals surface area contributed by atoms with Crippen LogP contribution < -0.4 is 0 Å². The van der Waals surface area contributed by atoms with E-state index < -0.39 is 0 Å². The summed E-state index contributed by atoms with van der Waals surface area (Å²) < 4.78 is 5.08. The molecule has 0 N–H and O–H groups in total. The quantitative estimate of drug-likeness (QED) is 0.307. The number of allylic oxidation sites excluding steroid dienone is 2. The van der Waals surface area contributed by atoms with Gasteiger partial charge in [-0.05, 0) is 67.1 Å². The van der Waals surface area contributed by atoms with Crippen LogP contribution in [0.15, 0.2) is 73.3 Å². The van der Waals surface area contributed by atoms with Crippen LogP contribution in [-0.4, -0.2) is 13.1 Å². The van der Waals surface area contributed by atoms with Gasteiger partial charge in [-0.25, -0.2) is 4.79 Å². The highest BCUT2D eigenvalue weighted by Crippen LogP contribution is 2.34. The molecule has 0 saturated heterocycles. The van der Waals surface area contributed by atoms with Gasteiger partial charge in [0.15, 0.2) is 0 Å². The maximum atomic E-state index is 12.4. The first kappa shape index (κ1) is 20.1. The second kappa shape index (κ2) is 10.1. The zero-order valence-corrected chi connectivity index (χ0v) is 16.8. The fraction of sp³-hybridized carbons (Fsp3) is 0.346. The molecule has 0 bridgehead atoms. The summed E-state index contributed by atoms with van der Waals surface area (Å²) >= 11 is 0. The molecule has 146 valence electrons. The van der Waals surface area contributed by atoms with Crippen LogP contribution in [0.4, 0.5) is 0 Å². The van der Waals surface area contributed by atoms with Crippen molar-refractivity contribution in [2.45, 2.75) is 38.5 Å². The van der Waals surface area contributed by atoms with Crippen molar-refractivity contribution in [2.75, 3.05) is 7.11 Å². The number of hydrogen-bond donors (Lipinski definition) is 0. The van der Waals surface area contributed by atoms with Gasteiger partial charge in [0.05, 0.1) is 12.7 Å². The largest absolute Gasteiger partial charge is 0.465 e. The van der Waals surface area contributed by atoms with Crippen molar-refractivity contribution < 1.29 is 9.53 Å². The van der Waals surface area contributed by atoms with Gasteiger partial charge in [-0.2, -0.15) is 0 Å². The lowest BCUT2D eigenvalue weighted by atomic mass is 9.79. The van der Waals surface area contributed by atoms with Crippen LogP contribution in [0.5, 0.6) is 0 Å². The molecule has 1 fully saturated rings. The van der Waals surface area contributed by atoms with E-state index in [0.717, 1.165) is 36.3 Å². The summed E-state index contributed by atoms with van der Waals surface area (Å²) in [5.74, 6) is 0.999. The molecule has 2 aromatic rings. The second-order valence-electron chi connectivity index (χ2n) is 7.66. The molecule has 0 amide bonds. The van der Waals surface area contributed by atoms with Crippen molar-refractivity contribution in [3.05, 3.63) is 78.9 Å². The van der Waals surface area contributed by atoms with Crippen LogP contribution in [0.25, 0.3) is 16.7 Å². The topological polar surface area (TPSA) is 26.3 Å². The Morgan fingerprint density at radius 1 is 1.00 bits per heavy atom. The molecule has 1 saturated carbocycles. The predicted octanol–water partition coefficient (Wildman–Crippen LogP) is 6.68. The standard InChI is InChI=1S/C26H30O2/c1-3-4-8-20-11-13-21(14-12-20)19-25(26(27)28-2)24-17-15-23(16-18-24)22-9-6-5-7-10-22/h3,5-7,9-10,15-21H,1,4,8,11-14H2,2H3. The fourth-order valence-corrected chi connectivity index (χ4v) is 4.10. The molecule has 2 aromatic carbocycles. The van der Waals surface area contributed by atoms with Crippen molar-refractivity contribution in [1.29, 1.82) is 0 Å². The van der Waals surface area contributed by atoms with E-state index in [9.17, 15) is 4.79 Å². The summed E-state index contributed by atoms with van der Waals surface area (Å²) in [5.41, 5.74) is 3.95. The number of carbonyl (C=O) groups is 1. The highest BCUT2D eigenvalue weighted by molar-refractivity contribution is 6.16. The number of esters is 1. The Hall–Kier alpha value is -2.61. The van der Waals surface area contributed by atoms with Gasteiger partial charge in [0.25, 0.3) is 0 Å². The first-order chi connectivity index (χ1) is 13.7. The van der Waals surface area contributed by atoms with Gasteiger partial charge in [-0.3, -0.25) is 0 Å². The minimum atomic E-state index is -0.249. The smallest absolute Gasteiger partial charge is 0.338 e. The Morgan fingerprint density at radius 2 is 1.64 bits per heavy atom. The van der Waals surface area contributed by atoms with E-state index in [1.165, 1.54) is 31.9 Å². The molecule has 0 unspecified atom stereocenters. The number of carbonyl (C=O) groups excluding carboxylic acids is 1. The van der Waals surface area contributed by atoms with Crippen molar-refractivity contribution in [1.82, 2.24) is 0 Å². The Morgan fingerprint density at radius 3 is 2.25 bits per heavy atom. The van der Waals surface area contributed by atoms with Crippen LogP contribution >= 0.6 is 0 Å². The van der Waals surface area contributed by atoms with E-state index in [-0.39, 0.29) is 5.97 Å². The van der Waals surface area contributed by atoms with Crippen LogP contribution in [0.2, 0.25) is 0 Å². The number of benzene rings is 2. The summed E-state index contributed by atoms with van der Waals surface area (Å²) in [6.07, 6.45) is 11.3. The van der Waals surface area contributed by atoms with Crippen LogP contribution in [0.1, 0.15) is 44.1 Å². The molecule has 0 radical (unpaired) electrons. The molecule has 0 spiro atoms. The lowest BCUT2D eigenvalue weighted by Crippen LogP contribution is -2.14. The Kier molecular flexibility index (Phi) is 7.25. The van der Waals surface area contributed by atoms with Crippen LogP contribution in [-0.2, 0) is 9.53 Å². The molecule has 0 atom stereocenters. The molecule has 1 aliphatic carbocycles. The zero-order valence-electron chi connectivity index (χ0n) is 16.8. The summed E-state index contributed by atoms with van der Waals surface area (Å²) in [5, 5.41) is 0. The fourth-order valence-electron chi connectivity index (χ4n) is 4.10.